The molecule has 53 heavy (non-hydrogen) atoms. The van der Waals surface area contributed by atoms with E-state index in [9.17, 15) is 0 Å². The fourth-order valence-corrected chi connectivity index (χ4v) is 7.52. The fourth-order valence-electron chi connectivity index (χ4n) is 7.52. The van der Waals surface area contributed by atoms with E-state index in [2.05, 4.69) is 58.8 Å². The lowest BCUT2D eigenvalue weighted by atomic mass is 10.1. The zero-order valence-corrected chi connectivity index (χ0v) is 37.3. The van der Waals surface area contributed by atoms with Gasteiger partial charge in [0.2, 0.25) is 0 Å². The van der Waals surface area contributed by atoms with Gasteiger partial charge in [0.1, 0.15) is 0 Å². The number of rotatable bonds is 48. The first-order chi connectivity index (χ1) is 26.3. The minimum Gasteiger partial charge on any atom is -0.317 e. The SMILES string of the molecule is CCCCCCCCNCCCN(CCCNCCCCCCCC)CCCN(CCCNCCCCCCCC)CCCNCCCCCCCC. The van der Waals surface area contributed by atoms with Crippen LogP contribution in [-0.4, -0.2) is 101 Å². The van der Waals surface area contributed by atoms with Crippen molar-refractivity contribution in [3.05, 3.63) is 0 Å². The highest BCUT2D eigenvalue weighted by molar-refractivity contribution is 4.66. The second kappa shape index (κ2) is 47.9. The van der Waals surface area contributed by atoms with E-state index in [1.54, 1.807) is 0 Å². The highest BCUT2D eigenvalue weighted by atomic mass is 15.1. The molecule has 0 spiro atoms. The molecule has 0 bridgehead atoms. The van der Waals surface area contributed by atoms with Crippen molar-refractivity contribution >= 4 is 0 Å². The van der Waals surface area contributed by atoms with Crippen LogP contribution in [-0.2, 0) is 0 Å². The number of nitrogens with one attached hydrogen (secondary N) is 4. The lowest BCUT2D eigenvalue weighted by molar-refractivity contribution is 0.218. The average molecular weight is 751 g/mol. The molecule has 0 unspecified atom stereocenters. The smallest absolute Gasteiger partial charge is 0.000653 e. The van der Waals surface area contributed by atoms with E-state index < -0.39 is 0 Å². The van der Waals surface area contributed by atoms with Crippen LogP contribution in [0.4, 0.5) is 0 Å². The molecule has 4 N–H and O–H groups in total. The Balaban J connectivity index is 4.63. The molecule has 320 valence electrons. The Morgan fingerprint density at radius 3 is 0.642 bits per heavy atom. The van der Waals surface area contributed by atoms with Crippen LogP contribution in [0.25, 0.3) is 0 Å². The molecule has 0 aliphatic carbocycles. The minimum atomic E-state index is 1.17. The van der Waals surface area contributed by atoms with Gasteiger partial charge in [-0.1, -0.05) is 156 Å². The first-order valence-corrected chi connectivity index (χ1v) is 24.6. The van der Waals surface area contributed by atoms with Gasteiger partial charge in [0.05, 0.1) is 0 Å². The van der Waals surface area contributed by atoms with E-state index in [1.165, 1.54) is 278 Å². The lowest BCUT2D eigenvalue weighted by Gasteiger charge is -2.26. The van der Waals surface area contributed by atoms with Crippen molar-refractivity contribution in [2.45, 2.75) is 214 Å². The normalized spacial score (nSPS) is 11.9. The molecule has 0 atom stereocenters. The third-order valence-corrected chi connectivity index (χ3v) is 11.1. The fraction of sp³-hybridized carbons (Fsp3) is 1.00. The molecule has 0 saturated carbocycles. The predicted molar refractivity (Wildman–Crippen MR) is 241 cm³/mol. The van der Waals surface area contributed by atoms with E-state index in [0.717, 1.165) is 0 Å². The zero-order valence-electron chi connectivity index (χ0n) is 37.3. The Morgan fingerprint density at radius 2 is 0.396 bits per heavy atom. The van der Waals surface area contributed by atoms with E-state index in [4.69, 9.17) is 0 Å². The Morgan fingerprint density at radius 1 is 0.208 bits per heavy atom. The molecule has 0 rings (SSSR count). The summed E-state index contributed by atoms with van der Waals surface area (Å²) in [5.74, 6) is 0. The lowest BCUT2D eigenvalue weighted by Crippen LogP contribution is -2.35. The summed E-state index contributed by atoms with van der Waals surface area (Å²) in [4.78, 5) is 5.59. The molecule has 0 saturated heterocycles. The summed E-state index contributed by atoms with van der Waals surface area (Å²) in [5.41, 5.74) is 0. The quantitative estimate of drug-likeness (QED) is 0.0465. The third-order valence-electron chi connectivity index (χ3n) is 11.1. The van der Waals surface area contributed by atoms with Crippen molar-refractivity contribution < 1.29 is 0 Å². The monoisotopic (exact) mass is 751 g/mol. The van der Waals surface area contributed by atoms with E-state index in [0.29, 0.717) is 0 Å². The summed E-state index contributed by atoms with van der Waals surface area (Å²) in [5, 5.41) is 15.0. The summed E-state index contributed by atoms with van der Waals surface area (Å²) in [6, 6.07) is 0. The van der Waals surface area contributed by atoms with Gasteiger partial charge in [0.25, 0.3) is 0 Å². The largest absolute Gasteiger partial charge is 0.317 e. The van der Waals surface area contributed by atoms with Gasteiger partial charge in [-0.15, -0.1) is 0 Å². The molecule has 0 aromatic rings. The summed E-state index contributed by atoms with van der Waals surface area (Å²) in [7, 11) is 0. The van der Waals surface area contributed by atoms with Crippen LogP contribution in [0.5, 0.6) is 0 Å². The van der Waals surface area contributed by atoms with Gasteiger partial charge in [-0.05, 0) is 149 Å². The highest BCUT2D eigenvalue weighted by Crippen LogP contribution is 2.07. The summed E-state index contributed by atoms with van der Waals surface area (Å²) in [6.07, 6.45) is 39.7. The zero-order chi connectivity index (χ0) is 38.4. The van der Waals surface area contributed by atoms with Crippen molar-refractivity contribution in [3.8, 4) is 0 Å². The molecule has 6 nitrogen and oxygen atoms in total. The maximum atomic E-state index is 3.76. The summed E-state index contributed by atoms with van der Waals surface area (Å²) in [6.45, 7) is 26.2. The number of hydrogen-bond acceptors (Lipinski definition) is 6. The maximum absolute atomic E-state index is 3.76. The number of nitrogens with zero attached hydrogens (tertiary/aromatic N) is 2. The van der Waals surface area contributed by atoms with Gasteiger partial charge in [-0.3, -0.25) is 0 Å². The van der Waals surface area contributed by atoms with Gasteiger partial charge < -0.3 is 31.1 Å². The van der Waals surface area contributed by atoms with Gasteiger partial charge >= 0.3 is 0 Å². The molecule has 0 aromatic carbocycles. The van der Waals surface area contributed by atoms with Crippen LogP contribution in [0, 0.1) is 0 Å². The van der Waals surface area contributed by atoms with E-state index in [1.807, 2.05) is 0 Å². The maximum Gasteiger partial charge on any atom is -0.000653 e. The van der Waals surface area contributed by atoms with E-state index in [-0.39, 0.29) is 0 Å². The number of hydrogen-bond donors (Lipinski definition) is 4. The molecule has 0 aliphatic rings. The van der Waals surface area contributed by atoms with Crippen LogP contribution >= 0.6 is 0 Å². The molecule has 0 fully saturated rings. The van der Waals surface area contributed by atoms with E-state index >= 15 is 0 Å². The van der Waals surface area contributed by atoms with Crippen molar-refractivity contribution in [1.82, 2.24) is 31.1 Å². The van der Waals surface area contributed by atoms with Crippen molar-refractivity contribution in [1.29, 1.82) is 0 Å². The Bertz CT molecular complexity index is 534. The van der Waals surface area contributed by atoms with Gasteiger partial charge in [-0.2, -0.15) is 0 Å². The van der Waals surface area contributed by atoms with Gasteiger partial charge in [0, 0.05) is 0 Å². The highest BCUT2D eigenvalue weighted by Gasteiger charge is 2.09. The molecule has 0 amide bonds. The first-order valence-electron chi connectivity index (χ1n) is 24.6. The summed E-state index contributed by atoms with van der Waals surface area (Å²) >= 11 is 0. The second-order valence-electron chi connectivity index (χ2n) is 16.5. The van der Waals surface area contributed by atoms with Crippen LogP contribution in [0.3, 0.4) is 0 Å². The number of unbranched alkanes of at least 4 members (excludes halogenated alkanes) is 20. The molecule has 0 radical (unpaired) electrons. The average Bonchev–Trinajstić information content (AvgIpc) is 3.17. The molecular weight excluding hydrogens is 649 g/mol. The molecule has 0 aliphatic heterocycles. The van der Waals surface area contributed by atoms with Gasteiger partial charge in [0.15, 0.2) is 0 Å². The van der Waals surface area contributed by atoms with Crippen molar-refractivity contribution in [2.75, 3.05) is 91.6 Å². The Labute approximate surface area is 335 Å². The predicted octanol–water partition coefficient (Wildman–Crippen LogP) is 11.3. The summed E-state index contributed by atoms with van der Waals surface area (Å²) < 4.78 is 0. The molecule has 0 heterocycles. The van der Waals surface area contributed by atoms with Crippen molar-refractivity contribution in [2.24, 2.45) is 0 Å². The Hall–Kier alpha value is -0.240. The molecule has 0 aromatic heterocycles. The standard InChI is InChI=1S/C47H102N6/c1-5-9-13-17-21-25-34-48-38-29-42-52(43-30-39-49-35-26-22-18-14-10-6-2)46-33-47-53(44-31-40-50-36-27-23-19-15-11-7-3)45-32-41-51-37-28-24-20-16-12-8-4/h48-51H,5-47H2,1-4H3. The van der Waals surface area contributed by atoms with Crippen LogP contribution in [0.1, 0.15) is 214 Å². The van der Waals surface area contributed by atoms with Crippen LogP contribution < -0.4 is 21.3 Å². The Kier molecular flexibility index (Phi) is 47.7. The second-order valence-corrected chi connectivity index (χ2v) is 16.5. The first kappa shape index (κ1) is 52.8. The topological polar surface area (TPSA) is 54.6 Å². The van der Waals surface area contributed by atoms with Gasteiger partial charge in [-0.25, -0.2) is 0 Å². The van der Waals surface area contributed by atoms with Crippen molar-refractivity contribution in [3.63, 3.8) is 0 Å². The third kappa shape index (κ3) is 44.3. The molecular formula is C47H102N6. The van der Waals surface area contributed by atoms with Crippen LogP contribution in [0.2, 0.25) is 0 Å². The minimum absolute atomic E-state index is 1.17. The molecule has 6 heteroatoms. The van der Waals surface area contributed by atoms with Crippen LogP contribution in [0.15, 0.2) is 0 Å².